The number of carbonyl (C=O) groups is 1. The summed E-state index contributed by atoms with van der Waals surface area (Å²) in [5.74, 6) is 0.594. The van der Waals surface area contributed by atoms with Gasteiger partial charge >= 0.3 is 6.03 Å². The fraction of sp³-hybridized carbons (Fsp3) is 0.444. The van der Waals surface area contributed by atoms with Crippen molar-refractivity contribution >= 4 is 6.03 Å². The van der Waals surface area contributed by atoms with Gasteiger partial charge in [-0.25, -0.2) is 9.78 Å². The van der Waals surface area contributed by atoms with Crippen molar-refractivity contribution in [1.82, 2.24) is 19.8 Å². The fourth-order valence-electron chi connectivity index (χ4n) is 3.04. The monoisotopic (exact) mass is 328 g/mol. The highest BCUT2D eigenvalue weighted by atomic mass is 16.5. The topological polar surface area (TPSA) is 59.4 Å². The summed E-state index contributed by atoms with van der Waals surface area (Å²) in [6.45, 7) is 4.57. The SMILES string of the molecule is CCOc1cc(CNC(=O)N2CCC(n3cccc3)CC2)ccn1. The first-order valence-corrected chi connectivity index (χ1v) is 8.49. The van der Waals surface area contributed by atoms with Crippen LogP contribution in [0.5, 0.6) is 5.88 Å². The number of aromatic nitrogens is 2. The van der Waals surface area contributed by atoms with Gasteiger partial charge in [-0.05, 0) is 43.5 Å². The third-order valence-corrected chi connectivity index (χ3v) is 4.34. The first kappa shape index (κ1) is 16.4. The minimum Gasteiger partial charge on any atom is -0.478 e. The number of carbonyl (C=O) groups excluding carboxylic acids is 1. The molecule has 0 spiro atoms. The predicted molar refractivity (Wildman–Crippen MR) is 91.9 cm³/mol. The summed E-state index contributed by atoms with van der Waals surface area (Å²) in [7, 11) is 0. The maximum atomic E-state index is 12.3. The molecule has 2 amide bonds. The number of urea groups is 1. The summed E-state index contributed by atoms with van der Waals surface area (Å²) in [4.78, 5) is 18.4. The van der Waals surface area contributed by atoms with Crippen LogP contribution < -0.4 is 10.1 Å². The molecule has 3 rings (SSSR count). The molecule has 1 saturated heterocycles. The second-order valence-electron chi connectivity index (χ2n) is 5.94. The van der Waals surface area contributed by atoms with Crippen molar-refractivity contribution in [1.29, 1.82) is 0 Å². The van der Waals surface area contributed by atoms with E-state index in [1.165, 1.54) is 0 Å². The van der Waals surface area contributed by atoms with Crippen LogP contribution in [0.4, 0.5) is 4.79 Å². The van der Waals surface area contributed by atoms with Gasteiger partial charge in [0.15, 0.2) is 0 Å². The maximum absolute atomic E-state index is 12.3. The molecule has 1 aliphatic heterocycles. The summed E-state index contributed by atoms with van der Waals surface area (Å²) in [5.41, 5.74) is 0.990. The lowest BCUT2D eigenvalue weighted by molar-refractivity contribution is 0.171. The number of ether oxygens (including phenoxy) is 1. The van der Waals surface area contributed by atoms with Crippen LogP contribution in [-0.4, -0.2) is 40.2 Å². The van der Waals surface area contributed by atoms with E-state index in [1.807, 2.05) is 36.1 Å². The van der Waals surface area contributed by atoms with Gasteiger partial charge in [0.2, 0.25) is 5.88 Å². The van der Waals surface area contributed by atoms with Crippen molar-refractivity contribution < 1.29 is 9.53 Å². The Bertz CT molecular complexity index is 649. The second kappa shape index (κ2) is 7.86. The van der Waals surface area contributed by atoms with Gasteiger partial charge in [-0.1, -0.05) is 0 Å². The molecule has 0 atom stereocenters. The van der Waals surface area contributed by atoms with E-state index >= 15 is 0 Å². The van der Waals surface area contributed by atoms with Gasteiger partial charge in [-0.15, -0.1) is 0 Å². The van der Waals surface area contributed by atoms with Gasteiger partial charge in [0.25, 0.3) is 0 Å². The normalized spacial score (nSPS) is 15.3. The summed E-state index contributed by atoms with van der Waals surface area (Å²) in [6.07, 6.45) is 7.88. The molecule has 6 heteroatoms. The molecule has 0 aliphatic carbocycles. The van der Waals surface area contributed by atoms with Crippen LogP contribution in [0.2, 0.25) is 0 Å². The van der Waals surface area contributed by atoms with E-state index in [1.54, 1.807) is 6.20 Å². The van der Waals surface area contributed by atoms with E-state index in [-0.39, 0.29) is 6.03 Å². The second-order valence-corrected chi connectivity index (χ2v) is 5.94. The highest BCUT2D eigenvalue weighted by molar-refractivity contribution is 5.74. The summed E-state index contributed by atoms with van der Waals surface area (Å²) in [6, 6.07) is 8.34. The van der Waals surface area contributed by atoms with Gasteiger partial charge < -0.3 is 19.5 Å². The van der Waals surface area contributed by atoms with Gasteiger partial charge in [0.05, 0.1) is 6.61 Å². The molecule has 0 aromatic carbocycles. The highest BCUT2D eigenvalue weighted by Gasteiger charge is 2.23. The van der Waals surface area contributed by atoms with Crippen molar-refractivity contribution in [2.45, 2.75) is 32.4 Å². The molecule has 24 heavy (non-hydrogen) atoms. The molecular weight excluding hydrogens is 304 g/mol. The molecule has 2 aromatic rings. The minimum absolute atomic E-state index is 0.00396. The fourth-order valence-corrected chi connectivity index (χ4v) is 3.04. The zero-order valence-corrected chi connectivity index (χ0v) is 14.0. The number of hydrogen-bond acceptors (Lipinski definition) is 3. The lowest BCUT2D eigenvalue weighted by atomic mass is 10.1. The molecule has 1 aliphatic rings. The number of pyridine rings is 1. The van der Waals surface area contributed by atoms with Crippen molar-refractivity contribution in [2.24, 2.45) is 0 Å². The smallest absolute Gasteiger partial charge is 0.317 e. The Balaban J connectivity index is 1.47. The summed E-state index contributed by atoms with van der Waals surface area (Å²) in [5, 5.41) is 2.98. The number of piperidine rings is 1. The van der Waals surface area contributed by atoms with Crippen LogP contribution in [-0.2, 0) is 6.54 Å². The molecular formula is C18H24N4O2. The lowest BCUT2D eigenvalue weighted by Gasteiger charge is -2.32. The van der Waals surface area contributed by atoms with E-state index < -0.39 is 0 Å². The zero-order valence-electron chi connectivity index (χ0n) is 14.0. The molecule has 0 unspecified atom stereocenters. The first-order valence-electron chi connectivity index (χ1n) is 8.49. The minimum atomic E-state index is -0.00396. The molecule has 3 heterocycles. The van der Waals surface area contributed by atoms with E-state index in [9.17, 15) is 4.79 Å². The Hall–Kier alpha value is -2.50. The van der Waals surface area contributed by atoms with E-state index in [0.29, 0.717) is 25.1 Å². The van der Waals surface area contributed by atoms with Gasteiger partial charge in [-0.2, -0.15) is 0 Å². The number of amides is 2. The number of likely N-dealkylation sites (tertiary alicyclic amines) is 1. The Morgan fingerprint density at radius 1 is 1.33 bits per heavy atom. The number of hydrogen-bond donors (Lipinski definition) is 1. The van der Waals surface area contributed by atoms with Gasteiger partial charge in [0, 0.05) is 50.3 Å². The van der Waals surface area contributed by atoms with Crippen molar-refractivity contribution in [3.8, 4) is 5.88 Å². The Kier molecular flexibility index (Phi) is 5.36. The molecule has 0 radical (unpaired) electrons. The van der Waals surface area contributed by atoms with Crippen LogP contribution in [0.25, 0.3) is 0 Å². The van der Waals surface area contributed by atoms with Crippen LogP contribution >= 0.6 is 0 Å². The third kappa shape index (κ3) is 4.07. The Labute approximate surface area is 142 Å². The largest absolute Gasteiger partial charge is 0.478 e. The molecule has 0 bridgehead atoms. The molecule has 128 valence electrons. The first-order chi connectivity index (χ1) is 11.8. The molecule has 1 N–H and O–H groups in total. The Morgan fingerprint density at radius 2 is 2.08 bits per heavy atom. The number of rotatable bonds is 5. The van der Waals surface area contributed by atoms with E-state index in [2.05, 4.69) is 27.3 Å². The van der Waals surface area contributed by atoms with Crippen molar-refractivity contribution in [3.63, 3.8) is 0 Å². The van der Waals surface area contributed by atoms with E-state index in [0.717, 1.165) is 31.5 Å². The number of nitrogens with one attached hydrogen (secondary N) is 1. The summed E-state index contributed by atoms with van der Waals surface area (Å²) >= 11 is 0. The summed E-state index contributed by atoms with van der Waals surface area (Å²) < 4.78 is 7.62. The maximum Gasteiger partial charge on any atom is 0.317 e. The quantitative estimate of drug-likeness (QED) is 0.918. The van der Waals surface area contributed by atoms with E-state index in [4.69, 9.17) is 4.74 Å². The van der Waals surface area contributed by atoms with Crippen molar-refractivity contribution in [3.05, 3.63) is 48.4 Å². The third-order valence-electron chi connectivity index (χ3n) is 4.34. The Morgan fingerprint density at radius 3 is 2.79 bits per heavy atom. The average molecular weight is 328 g/mol. The van der Waals surface area contributed by atoms with Crippen LogP contribution in [0, 0.1) is 0 Å². The lowest BCUT2D eigenvalue weighted by Crippen LogP contribution is -2.44. The van der Waals surface area contributed by atoms with Crippen LogP contribution in [0.1, 0.15) is 31.4 Å². The predicted octanol–water partition coefficient (Wildman–Crippen LogP) is 2.83. The zero-order chi connectivity index (χ0) is 16.8. The number of nitrogens with zero attached hydrogens (tertiary/aromatic N) is 3. The molecule has 6 nitrogen and oxygen atoms in total. The molecule has 0 saturated carbocycles. The van der Waals surface area contributed by atoms with Crippen LogP contribution in [0.3, 0.4) is 0 Å². The van der Waals surface area contributed by atoms with Gasteiger partial charge in [-0.3, -0.25) is 0 Å². The molecule has 2 aromatic heterocycles. The molecule has 1 fully saturated rings. The van der Waals surface area contributed by atoms with Crippen LogP contribution in [0.15, 0.2) is 42.9 Å². The van der Waals surface area contributed by atoms with Crippen molar-refractivity contribution in [2.75, 3.05) is 19.7 Å². The average Bonchev–Trinajstić information content (AvgIpc) is 3.15. The standard InChI is InChI=1S/C18H24N4O2/c1-2-24-17-13-15(5-8-19-17)14-20-18(23)22-11-6-16(7-12-22)21-9-3-4-10-21/h3-5,8-10,13,16H,2,6-7,11-12,14H2,1H3,(H,20,23). The van der Waals surface area contributed by atoms with Gasteiger partial charge in [0.1, 0.15) is 0 Å². The highest BCUT2D eigenvalue weighted by Crippen LogP contribution is 2.22.